The van der Waals surface area contributed by atoms with E-state index in [-0.39, 0.29) is 131 Å². The van der Waals surface area contributed by atoms with Gasteiger partial charge in [0.1, 0.15) is 96.6 Å². The highest BCUT2D eigenvalue weighted by molar-refractivity contribution is 8.44. The van der Waals surface area contributed by atoms with E-state index >= 15 is 17.6 Å². The van der Waals surface area contributed by atoms with Gasteiger partial charge in [-0.15, -0.1) is 10.2 Å². The lowest BCUT2D eigenvalue weighted by molar-refractivity contribution is -0.143. The van der Waals surface area contributed by atoms with Crippen LogP contribution >= 0.6 is 39.2 Å². The monoisotopic (exact) mass is 1960 g/mol. The first-order chi connectivity index (χ1) is 61.5. The molecule has 7 saturated heterocycles. The topological polar surface area (TPSA) is 657 Å². The number of likely N-dealkylation sites (tertiary alicyclic amines) is 1. The number of hydrogen-bond acceptors (Lipinski definition) is 42. The van der Waals surface area contributed by atoms with Crippen molar-refractivity contribution >= 4 is 178 Å². The number of imidazole rings is 4. The summed E-state index contributed by atoms with van der Waals surface area (Å²) in [4.78, 5) is 156. The zero-order valence-corrected chi connectivity index (χ0v) is 73.3. The Hall–Kier alpha value is -9.65. The molecule has 7 aliphatic heterocycles. The van der Waals surface area contributed by atoms with Crippen LogP contribution in [0, 0.1) is 11.8 Å². The summed E-state index contributed by atoms with van der Waals surface area (Å²) in [7, 11) is 0. The van der Waals surface area contributed by atoms with E-state index in [1.807, 2.05) is 0 Å². The number of anilines is 4. The summed E-state index contributed by atoms with van der Waals surface area (Å²) < 4.78 is 166. The first-order valence-corrected chi connectivity index (χ1v) is 49.0. The van der Waals surface area contributed by atoms with Gasteiger partial charge in [0.25, 0.3) is 0 Å². The lowest BCUT2D eigenvalue weighted by Crippen LogP contribution is -2.37. The number of carboxylic acids is 1. The van der Waals surface area contributed by atoms with Crippen molar-refractivity contribution in [3.63, 3.8) is 0 Å². The van der Waals surface area contributed by atoms with Crippen LogP contribution < -0.4 is 27.4 Å². The van der Waals surface area contributed by atoms with Crippen LogP contribution in [0.4, 0.5) is 50.4 Å². The molecule has 0 bridgehead atoms. The second-order valence-corrected chi connectivity index (χ2v) is 40.7. The van der Waals surface area contributed by atoms with Gasteiger partial charge in [-0.25, -0.2) is 91.5 Å². The van der Waals surface area contributed by atoms with Gasteiger partial charge in [-0.05, 0) is 35.4 Å². The smallest absolute Gasteiger partial charge is 0.412 e. The van der Waals surface area contributed by atoms with Crippen molar-refractivity contribution in [2.45, 2.75) is 164 Å². The molecule has 17 heterocycles. The molecule has 11 N–H and O–H groups in total. The van der Waals surface area contributed by atoms with E-state index in [9.17, 15) is 48.0 Å². The third kappa shape index (κ3) is 20.5. The number of aryl methyl sites for hydroxylation is 2. The molecule has 17 rings (SSSR count). The minimum atomic E-state index is -4.51. The number of amides is 5. The number of halogens is 4. The number of carboxylic acid groups (broad SMARTS) is 1. The zero-order chi connectivity index (χ0) is 91.3. The average molecular weight is 1960 g/mol. The van der Waals surface area contributed by atoms with Crippen molar-refractivity contribution in [3.8, 4) is 0 Å². The fourth-order valence-electron chi connectivity index (χ4n) is 14.4. The summed E-state index contributed by atoms with van der Waals surface area (Å²) in [6.45, 7) is -16.7. The minimum absolute atomic E-state index is 0.00403. The van der Waals surface area contributed by atoms with Crippen LogP contribution in [0.1, 0.15) is 75.8 Å². The largest absolute Gasteiger partial charge is 0.481 e. The summed E-state index contributed by atoms with van der Waals surface area (Å²) in [5.74, 6) is -3.41. The molecule has 53 nitrogen and oxygen atoms in total. The molecule has 0 aliphatic carbocycles. The minimum Gasteiger partial charge on any atom is -0.481 e. The number of nitrogens with zero attached hydrogens (tertiary/aromatic N) is 23. The van der Waals surface area contributed by atoms with Crippen molar-refractivity contribution in [2.24, 2.45) is 11.8 Å². The lowest BCUT2D eigenvalue weighted by Gasteiger charge is -2.29. The van der Waals surface area contributed by atoms with E-state index in [0.29, 0.717) is 30.8 Å². The van der Waals surface area contributed by atoms with E-state index in [1.165, 1.54) is 42.6 Å². The number of thiol groups is 1. The van der Waals surface area contributed by atoms with Crippen molar-refractivity contribution < 1.29 is 135 Å². The third-order valence-electron chi connectivity index (χ3n) is 20.6. The first-order valence-electron chi connectivity index (χ1n) is 38.5. The standard InChI is InChI=1S/C32H38F2N14O13P2S2.C32H36F2N14O12P2S2/c1-14(31(50)51)5-18(49)36-6-15-7-46(45-44-15)3-2-4-55-32(52)43-26-22-28(40-11-38-26)48(13-42-22)30-20(34)24-17(59-30)9-57-62(53,64)60-23-16(8-56-63(54,65)61-24)58-29(19(23)33)47-12-41-21-25(35)37-10-39-27(21)47;1-14-5-18(49)46(29(14)50)7-15-6-45(44-43-15)3-2-4-54-32(51)42-26-22-28(39-11-37-26)48(13-41-22)31-20(34)24-17(58-31)9-56-61(52,63)59-23-16(8-55-62(53,64)60-24)57-30(19(23)33)47-12-40-21-25(35)36-10-38-27(21)47/h7,10-14,16-17,19-20,23-24,29-30H,2-6,8-9H2,1H3,(H,36,49)(H,50,51)(H,53,64)(H,54,65)(H2,35,37,39)(H,38,40,43,52);6,10-14,16-17,19-20,23-24,30-31H,2-5,7-9H2,1H3,(H,52,63)(H,53,64)(H2,35,36,38)(H,37,39,42,51)/t14?,16-,17-,19-,20-,23-,24-,29-,30-,62?,63?;14?,16-,17-,19-,20-,23-,24-,30-,31-,61?,62?/m11/s1. The number of alkyl halides is 4. The molecule has 10 aromatic heterocycles. The van der Waals surface area contributed by atoms with Crippen LogP contribution in [0.3, 0.4) is 0 Å². The Kier molecular flexibility index (Phi) is 27.5. The number of rotatable bonds is 21. The van der Waals surface area contributed by atoms with E-state index in [4.69, 9.17) is 117 Å². The second kappa shape index (κ2) is 38.3. The maximum absolute atomic E-state index is 16.5. The molecule has 10 aromatic rings. The Morgan fingerprint density at radius 3 is 1.33 bits per heavy atom. The molecule has 5 amide bonds. The number of nitrogens with one attached hydrogen (secondary N) is 3. The van der Waals surface area contributed by atoms with Crippen molar-refractivity contribution in [1.82, 2.24) is 118 Å². The van der Waals surface area contributed by atoms with Gasteiger partial charge in [-0.1, -0.05) is 36.5 Å². The molecule has 0 aromatic carbocycles. The number of carbonyl (C=O) groups is 6. The fourth-order valence-corrected chi connectivity index (χ4v) is 20.2. The molecular weight excluding hydrogens is 1890 g/mol. The predicted octanol–water partition coefficient (Wildman–Crippen LogP) is 2.84. The number of nitrogen functional groups attached to an aromatic ring is 2. The van der Waals surface area contributed by atoms with Crippen molar-refractivity contribution in [1.29, 1.82) is 0 Å². The van der Waals surface area contributed by atoms with Crippen molar-refractivity contribution in [3.05, 3.63) is 74.4 Å². The summed E-state index contributed by atoms with van der Waals surface area (Å²) in [6.07, 6.45) is -15.8. The number of nitrogens with two attached hydrogens (primary N) is 2. The molecular formula is C64H74F4N28O25P4S4. The zero-order valence-electron chi connectivity index (χ0n) is 66.3. The van der Waals surface area contributed by atoms with E-state index in [1.54, 1.807) is 19.3 Å². The van der Waals surface area contributed by atoms with E-state index in [2.05, 4.69) is 109 Å². The Balaban J connectivity index is 0.000000189. The predicted molar refractivity (Wildman–Crippen MR) is 437 cm³/mol. The van der Waals surface area contributed by atoms with Gasteiger partial charge in [0.15, 0.2) is 106 Å². The number of carbonyl (C=O) groups excluding carboxylic acids is 5. The molecule has 0 spiro atoms. The number of ether oxygens (including phenoxy) is 6. The van der Waals surface area contributed by atoms with Crippen molar-refractivity contribution in [2.75, 3.05) is 61.7 Å². The number of aliphatic carboxylic acids is 1. The molecule has 129 heavy (non-hydrogen) atoms. The molecule has 692 valence electrons. The Morgan fingerprint density at radius 1 is 0.558 bits per heavy atom. The summed E-state index contributed by atoms with van der Waals surface area (Å²) in [6, 6.07) is 0. The molecule has 0 saturated carbocycles. The molecule has 7 fully saturated rings. The van der Waals surface area contributed by atoms with Gasteiger partial charge >= 0.3 is 45.1 Å². The van der Waals surface area contributed by atoms with E-state index < -0.39 is 182 Å². The maximum Gasteiger partial charge on any atom is 0.412 e. The Morgan fingerprint density at radius 2 is 0.930 bits per heavy atom. The number of hydrogen-bond donors (Lipinski definition) is 10. The van der Waals surface area contributed by atoms with E-state index in [0.717, 1.165) is 47.4 Å². The van der Waals surface area contributed by atoms with Crippen LogP contribution in [-0.4, -0.2) is 282 Å². The highest BCUT2D eigenvalue weighted by Crippen LogP contribution is 2.60. The number of aromatic nitrogens is 22. The fraction of sp³-hybridized carbons (Fsp3) is 0.531. The molecule has 7 aliphatic rings. The van der Waals surface area contributed by atoms with Gasteiger partial charge in [-0.2, -0.15) is 0 Å². The number of fused-ring (bicyclic) bond motifs is 8. The number of imide groups is 1. The second-order valence-electron chi connectivity index (χ2n) is 29.5. The van der Waals surface area contributed by atoms with Crippen LogP contribution in [0.15, 0.2) is 63.0 Å². The first kappa shape index (κ1) is 92.6. The van der Waals surface area contributed by atoms with Crippen LogP contribution in [0.2, 0.25) is 0 Å². The maximum atomic E-state index is 16.5. The average Bonchev–Trinajstić information content (AvgIpc) is 1.62. The lowest BCUT2D eigenvalue weighted by atomic mass is 10.1. The normalized spacial score (nSPS) is 31.1. The molecule has 6 unspecified atom stereocenters. The van der Waals surface area contributed by atoms with Crippen LogP contribution in [0.25, 0.3) is 44.7 Å². The van der Waals surface area contributed by atoms with Gasteiger partial charge in [0.2, 0.25) is 17.7 Å². The molecule has 65 heteroatoms. The van der Waals surface area contributed by atoms with Gasteiger partial charge < -0.3 is 78.6 Å². The summed E-state index contributed by atoms with van der Waals surface area (Å²) >= 11 is 19.7. The summed E-state index contributed by atoms with van der Waals surface area (Å²) in [5.41, 5.74) is 13.2. The van der Waals surface area contributed by atoms with Crippen LogP contribution in [-0.2, 0) is 150 Å². The van der Waals surface area contributed by atoms with Gasteiger partial charge in [0.05, 0.1) is 96.4 Å². The SMILES string of the molecule is CC(CC(=O)NCc1cn(CCCOC(=O)Nc2ncnc3c2ncn3[C@@H]2O[C@@H]3COP(O)(=S)O[C@H]4[C@@H](F)[C@H](n5cnc6c(N)ncnc65)O[C@@H]4COP(=O)(S)O[C@H]3[C@H]2F)nn1)C(=O)O.CC1CC(=O)N(Cc2cn(CCCOC(=O)Nc3ncnc4c3ncn4[C@@H]3O[C@@H]4COP(O)(=S)O[C@H]5[C@@H](F)[C@H](n6cnc7c(N)ncnc76)O[C@@H]5COP(O)(=S)O[C@H]4[C@H]3F)nn2)C1=O. The van der Waals surface area contributed by atoms with Crippen LogP contribution in [0.5, 0.6) is 0 Å². The highest BCUT2D eigenvalue weighted by atomic mass is 32.7. The third-order valence-corrected chi connectivity index (χ3v) is 26.9. The summed E-state index contributed by atoms with van der Waals surface area (Å²) in [5, 5.41) is 32.4. The van der Waals surface area contributed by atoms with Gasteiger partial charge in [0, 0.05) is 44.7 Å². The Labute approximate surface area is 740 Å². The highest BCUT2D eigenvalue weighted by Gasteiger charge is 2.57. The molecule has 0 radical (unpaired) electrons. The molecule has 22 atom stereocenters. The van der Waals surface area contributed by atoms with Gasteiger partial charge in [-0.3, -0.25) is 85.0 Å². The quantitative estimate of drug-likeness (QED) is 0.0162. The Bertz CT molecular complexity index is 6120.